The van der Waals surface area contributed by atoms with Crippen LogP contribution in [0.5, 0.6) is 5.75 Å². The standard InChI is InChI=1S/C23H37N3O2/c1-3-13-25(14-4-5-15-26-16-12-24-11-10-23(26)27)21-8-6-19-7-9-22(28-2)18-20(19)17-21/h7,9,18,21,24H,3-6,8,10-17H2,1-2H3. The van der Waals surface area contributed by atoms with E-state index in [1.165, 1.54) is 36.8 Å². The van der Waals surface area contributed by atoms with Gasteiger partial charge in [0.05, 0.1) is 7.11 Å². The molecule has 5 nitrogen and oxygen atoms in total. The normalized spacial score (nSPS) is 20.2. The van der Waals surface area contributed by atoms with E-state index in [2.05, 4.69) is 35.3 Å². The molecule has 1 heterocycles. The van der Waals surface area contributed by atoms with Crippen LogP contribution in [0.15, 0.2) is 18.2 Å². The second kappa shape index (κ2) is 10.8. The summed E-state index contributed by atoms with van der Waals surface area (Å²) in [5, 5.41) is 3.31. The van der Waals surface area contributed by atoms with Crippen LogP contribution >= 0.6 is 0 Å². The molecule has 1 aliphatic heterocycles. The molecule has 0 spiro atoms. The summed E-state index contributed by atoms with van der Waals surface area (Å²) >= 11 is 0. The largest absolute Gasteiger partial charge is 0.497 e. The van der Waals surface area contributed by atoms with Gasteiger partial charge in [-0.1, -0.05) is 13.0 Å². The first-order valence-electron chi connectivity index (χ1n) is 11.1. The number of aryl methyl sites for hydroxylation is 1. The number of hydrogen-bond acceptors (Lipinski definition) is 4. The number of fused-ring (bicyclic) bond motifs is 1. The zero-order valence-corrected chi connectivity index (χ0v) is 17.7. The Kier molecular flexibility index (Phi) is 8.16. The molecule has 2 aliphatic rings. The number of carbonyl (C=O) groups is 1. The van der Waals surface area contributed by atoms with Crippen LogP contribution in [0.1, 0.15) is 50.2 Å². The van der Waals surface area contributed by atoms with Crippen LogP contribution in [0.4, 0.5) is 0 Å². The van der Waals surface area contributed by atoms with Crippen molar-refractivity contribution in [3.63, 3.8) is 0 Å². The van der Waals surface area contributed by atoms with Crippen LogP contribution in [0.2, 0.25) is 0 Å². The lowest BCUT2D eigenvalue weighted by Gasteiger charge is -2.35. The quantitative estimate of drug-likeness (QED) is 0.662. The van der Waals surface area contributed by atoms with Gasteiger partial charge in [-0.15, -0.1) is 0 Å². The summed E-state index contributed by atoms with van der Waals surface area (Å²) in [5.74, 6) is 1.28. The van der Waals surface area contributed by atoms with Crippen LogP contribution in [-0.2, 0) is 17.6 Å². The predicted octanol–water partition coefficient (Wildman–Crippen LogP) is 2.87. The molecule has 28 heavy (non-hydrogen) atoms. The third-order valence-corrected chi connectivity index (χ3v) is 6.19. The summed E-state index contributed by atoms with van der Waals surface area (Å²) in [6, 6.07) is 7.18. The first-order chi connectivity index (χ1) is 13.7. The van der Waals surface area contributed by atoms with Gasteiger partial charge in [-0.05, 0) is 74.9 Å². The maximum Gasteiger partial charge on any atom is 0.223 e. The summed E-state index contributed by atoms with van der Waals surface area (Å²) in [7, 11) is 1.75. The molecule has 1 saturated heterocycles. The molecule has 0 radical (unpaired) electrons. The van der Waals surface area contributed by atoms with E-state index >= 15 is 0 Å². The topological polar surface area (TPSA) is 44.8 Å². The van der Waals surface area contributed by atoms with Gasteiger partial charge in [0.2, 0.25) is 5.91 Å². The highest BCUT2D eigenvalue weighted by Gasteiger charge is 2.24. The van der Waals surface area contributed by atoms with Crippen LogP contribution < -0.4 is 10.1 Å². The van der Waals surface area contributed by atoms with Gasteiger partial charge in [0.15, 0.2) is 0 Å². The molecule has 156 valence electrons. The van der Waals surface area contributed by atoms with Crippen LogP contribution in [0.3, 0.4) is 0 Å². The van der Waals surface area contributed by atoms with E-state index in [9.17, 15) is 4.79 Å². The van der Waals surface area contributed by atoms with Crippen molar-refractivity contribution in [2.24, 2.45) is 0 Å². The van der Waals surface area contributed by atoms with Crippen molar-refractivity contribution in [3.05, 3.63) is 29.3 Å². The van der Waals surface area contributed by atoms with Crippen LogP contribution in [0, 0.1) is 0 Å². The molecular formula is C23H37N3O2. The lowest BCUT2D eigenvalue weighted by Crippen LogP contribution is -2.41. The highest BCUT2D eigenvalue weighted by molar-refractivity contribution is 5.76. The number of unbranched alkanes of at least 4 members (excludes halogenated alkanes) is 1. The van der Waals surface area contributed by atoms with Crippen molar-refractivity contribution in [2.45, 2.75) is 57.9 Å². The number of hydrogen-bond donors (Lipinski definition) is 1. The van der Waals surface area contributed by atoms with E-state index in [4.69, 9.17) is 4.74 Å². The summed E-state index contributed by atoms with van der Waals surface area (Å²) in [4.78, 5) is 16.9. The van der Waals surface area contributed by atoms with Crippen molar-refractivity contribution in [2.75, 3.05) is 46.4 Å². The summed E-state index contributed by atoms with van der Waals surface area (Å²) < 4.78 is 5.43. The Morgan fingerprint density at radius 1 is 1.18 bits per heavy atom. The van der Waals surface area contributed by atoms with E-state index in [0.717, 1.165) is 57.9 Å². The van der Waals surface area contributed by atoms with E-state index in [1.54, 1.807) is 7.11 Å². The summed E-state index contributed by atoms with van der Waals surface area (Å²) in [6.45, 7) is 8.10. The van der Waals surface area contributed by atoms with Crippen molar-refractivity contribution < 1.29 is 9.53 Å². The third kappa shape index (κ3) is 5.71. The zero-order valence-electron chi connectivity index (χ0n) is 17.7. The van der Waals surface area contributed by atoms with E-state index < -0.39 is 0 Å². The molecule has 0 saturated carbocycles. The van der Waals surface area contributed by atoms with Gasteiger partial charge >= 0.3 is 0 Å². The van der Waals surface area contributed by atoms with Gasteiger partial charge < -0.3 is 19.9 Å². The molecule has 1 amide bonds. The SMILES string of the molecule is CCCN(CCCCN1CCNCCC1=O)C1CCc2ccc(OC)cc2C1. The summed E-state index contributed by atoms with van der Waals surface area (Å²) in [6.07, 6.45) is 7.64. The number of benzene rings is 1. The molecule has 0 bridgehead atoms. The highest BCUT2D eigenvalue weighted by Crippen LogP contribution is 2.28. The zero-order chi connectivity index (χ0) is 19.8. The lowest BCUT2D eigenvalue weighted by molar-refractivity contribution is -0.130. The molecule has 1 N–H and O–H groups in total. The number of methoxy groups -OCH3 is 1. The predicted molar refractivity (Wildman–Crippen MR) is 114 cm³/mol. The Morgan fingerprint density at radius 2 is 2.07 bits per heavy atom. The molecule has 1 aromatic carbocycles. The van der Waals surface area contributed by atoms with E-state index in [-0.39, 0.29) is 0 Å². The second-order valence-corrected chi connectivity index (χ2v) is 8.16. The maximum absolute atomic E-state index is 12.1. The lowest BCUT2D eigenvalue weighted by atomic mass is 9.87. The number of ether oxygens (including phenoxy) is 1. The number of nitrogens with zero attached hydrogens (tertiary/aromatic N) is 2. The van der Waals surface area contributed by atoms with Crippen molar-refractivity contribution >= 4 is 5.91 Å². The number of amides is 1. The molecule has 1 aromatic rings. The molecule has 3 rings (SSSR count). The van der Waals surface area contributed by atoms with Crippen molar-refractivity contribution in [3.8, 4) is 5.75 Å². The Morgan fingerprint density at radius 3 is 2.89 bits per heavy atom. The van der Waals surface area contributed by atoms with Crippen molar-refractivity contribution in [1.29, 1.82) is 0 Å². The fourth-order valence-electron chi connectivity index (χ4n) is 4.59. The smallest absolute Gasteiger partial charge is 0.223 e. The van der Waals surface area contributed by atoms with Gasteiger partial charge in [0.1, 0.15) is 5.75 Å². The second-order valence-electron chi connectivity index (χ2n) is 8.16. The number of carbonyl (C=O) groups excluding carboxylic acids is 1. The van der Waals surface area contributed by atoms with Crippen LogP contribution in [0.25, 0.3) is 0 Å². The Hall–Kier alpha value is -1.59. The minimum Gasteiger partial charge on any atom is -0.497 e. The monoisotopic (exact) mass is 387 g/mol. The molecule has 1 aliphatic carbocycles. The maximum atomic E-state index is 12.1. The van der Waals surface area contributed by atoms with Gasteiger partial charge in [-0.3, -0.25) is 4.79 Å². The van der Waals surface area contributed by atoms with E-state index in [1.807, 2.05) is 4.90 Å². The molecule has 5 heteroatoms. The first kappa shape index (κ1) is 21.1. The molecular weight excluding hydrogens is 350 g/mol. The number of nitrogens with one attached hydrogen (secondary N) is 1. The third-order valence-electron chi connectivity index (χ3n) is 6.19. The van der Waals surface area contributed by atoms with Gasteiger partial charge in [0, 0.05) is 38.6 Å². The molecule has 1 fully saturated rings. The average Bonchev–Trinajstić information content (AvgIpc) is 2.93. The summed E-state index contributed by atoms with van der Waals surface area (Å²) in [5.41, 5.74) is 2.95. The average molecular weight is 388 g/mol. The van der Waals surface area contributed by atoms with E-state index in [0.29, 0.717) is 18.4 Å². The fraction of sp³-hybridized carbons (Fsp3) is 0.696. The highest BCUT2D eigenvalue weighted by atomic mass is 16.5. The Balaban J connectivity index is 1.50. The van der Waals surface area contributed by atoms with Crippen molar-refractivity contribution in [1.82, 2.24) is 15.1 Å². The first-order valence-corrected chi connectivity index (χ1v) is 11.1. The minimum absolute atomic E-state index is 0.313. The number of rotatable bonds is 9. The fourth-order valence-corrected chi connectivity index (χ4v) is 4.59. The minimum atomic E-state index is 0.313. The molecule has 1 unspecified atom stereocenters. The van der Waals surface area contributed by atoms with Gasteiger partial charge in [-0.2, -0.15) is 0 Å². The Labute approximate surface area is 170 Å². The molecule has 1 atom stereocenters. The van der Waals surface area contributed by atoms with Gasteiger partial charge in [-0.25, -0.2) is 0 Å². The van der Waals surface area contributed by atoms with Crippen LogP contribution in [-0.4, -0.2) is 68.1 Å². The molecule has 0 aromatic heterocycles. The Bertz CT molecular complexity index is 634. The van der Waals surface area contributed by atoms with Gasteiger partial charge in [0.25, 0.3) is 0 Å².